The standard InChI is InChI=1S/C11H12S/c1-11-6-3-2-4-9(11)8-10(12)5-7-11/h2-5,7-8,12H,6H2,1H3. The molecule has 0 saturated heterocycles. The first-order valence-electron chi connectivity index (χ1n) is 4.18. The molecule has 0 spiro atoms. The molecule has 0 radical (unpaired) electrons. The van der Waals surface area contributed by atoms with Crippen LogP contribution in [0, 0.1) is 5.41 Å². The van der Waals surface area contributed by atoms with E-state index in [-0.39, 0.29) is 5.41 Å². The smallest absolute Gasteiger partial charge is 0.0142 e. The zero-order valence-corrected chi connectivity index (χ0v) is 8.01. The van der Waals surface area contributed by atoms with Gasteiger partial charge in [-0.3, -0.25) is 0 Å². The van der Waals surface area contributed by atoms with E-state index in [9.17, 15) is 0 Å². The van der Waals surface area contributed by atoms with Gasteiger partial charge in [-0.15, -0.1) is 12.6 Å². The first kappa shape index (κ1) is 7.93. The van der Waals surface area contributed by atoms with E-state index in [4.69, 9.17) is 0 Å². The van der Waals surface area contributed by atoms with E-state index >= 15 is 0 Å². The van der Waals surface area contributed by atoms with Crippen molar-refractivity contribution in [1.82, 2.24) is 0 Å². The van der Waals surface area contributed by atoms with Crippen LogP contribution in [0.4, 0.5) is 0 Å². The highest BCUT2D eigenvalue weighted by atomic mass is 32.1. The van der Waals surface area contributed by atoms with Crippen molar-refractivity contribution in [3.8, 4) is 0 Å². The van der Waals surface area contributed by atoms with Gasteiger partial charge in [0.05, 0.1) is 0 Å². The molecule has 2 aliphatic rings. The second-order valence-electron chi connectivity index (χ2n) is 3.57. The van der Waals surface area contributed by atoms with Crippen LogP contribution in [0.15, 0.2) is 46.9 Å². The molecule has 1 atom stereocenters. The maximum absolute atomic E-state index is 4.32. The second kappa shape index (κ2) is 2.67. The summed E-state index contributed by atoms with van der Waals surface area (Å²) in [6, 6.07) is 0. The van der Waals surface area contributed by atoms with Crippen molar-refractivity contribution in [2.75, 3.05) is 0 Å². The van der Waals surface area contributed by atoms with Crippen LogP contribution in [0.1, 0.15) is 13.3 Å². The third kappa shape index (κ3) is 1.18. The minimum absolute atomic E-state index is 0.223. The van der Waals surface area contributed by atoms with Crippen LogP contribution >= 0.6 is 12.6 Å². The molecule has 0 nitrogen and oxygen atoms in total. The highest BCUT2D eigenvalue weighted by molar-refractivity contribution is 7.84. The lowest BCUT2D eigenvalue weighted by Gasteiger charge is -2.31. The van der Waals surface area contributed by atoms with Crippen LogP contribution in [0.5, 0.6) is 0 Å². The lowest BCUT2D eigenvalue weighted by atomic mass is 9.74. The minimum atomic E-state index is 0.223. The first-order chi connectivity index (χ1) is 5.71. The Kier molecular flexibility index (Phi) is 1.76. The normalized spacial score (nSPS) is 32.5. The highest BCUT2D eigenvalue weighted by Gasteiger charge is 2.26. The van der Waals surface area contributed by atoms with Gasteiger partial charge >= 0.3 is 0 Å². The maximum Gasteiger partial charge on any atom is 0.0142 e. The van der Waals surface area contributed by atoms with Crippen molar-refractivity contribution < 1.29 is 0 Å². The third-order valence-corrected chi connectivity index (χ3v) is 2.82. The van der Waals surface area contributed by atoms with Crippen molar-refractivity contribution in [3.05, 3.63) is 46.9 Å². The number of hydrogen-bond acceptors (Lipinski definition) is 1. The zero-order valence-electron chi connectivity index (χ0n) is 7.12. The van der Waals surface area contributed by atoms with Gasteiger partial charge in [-0.1, -0.05) is 37.3 Å². The van der Waals surface area contributed by atoms with Crippen LogP contribution in [0.25, 0.3) is 0 Å². The quantitative estimate of drug-likeness (QED) is 0.538. The zero-order chi connectivity index (χ0) is 8.60. The van der Waals surface area contributed by atoms with Crippen molar-refractivity contribution in [1.29, 1.82) is 0 Å². The van der Waals surface area contributed by atoms with Crippen LogP contribution in [-0.4, -0.2) is 0 Å². The summed E-state index contributed by atoms with van der Waals surface area (Å²) in [6.45, 7) is 2.26. The predicted octanol–water partition coefficient (Wildman–Crippen LogP) is 3.26. The average Bonchev–Trinajstić information content (AvgIpc) is 2.06. The fourth-order valence-corrected chi connectivity index (χ4v) is 1.86. The van der Waals surface area contributed by atoms with Gasteiger partial charge in [-0.05, 0) is 18.1 Å². The summed E-state index contributed by atoms with van der Waals surface area (Å²) in [5.74, 6) is 0. The Hall–Kier alpha value is -0.690. The van der Waals surface area contributed by atoms with Gasteiger partial charge in [0, 0.05) is 10.3 Å². The van der Waals surface area contributed by atoms with E-state index in [0.29, 0.717) is 0 Å². The lowest BCUT2D eigenvalue weighted by Crippen LogP contribution is -2.18. The van der Waals surface area contributed by atoms with Crippen molar-refractivity contribution in [2.45, 2.75) is 13.3 Å². The Bertz CT molecular complexity index is 318. The van der Waals surface area contributed by atoms with Gasteiger partial charge in [0.25, 0.3) is 0 Å². The number of fused-ring (bicyclic) bond motifs is 1. The first-order valence-corrected chi connectivity index (χ1v) is 4.63. The topological polar surface area (TPSA) is 0 Å². The molecule has 0 amide bonds. The molecule has 0 N–H and O–H groups in total. The number of hydrogen-bond donors (Lipinski definition) is 1. The Morgan fingerprint density at radius 3 is 3.17 bits per heavy atom. The molecule has 2 rings (SSSR count). The molecule has 0 heterocycles. The molecular formula is C11H12S. The van der Waals surface area contributed by atoms with Crippen LogP contribution in [0.3, 0.4) is 0 Å². The van der Waals surface area contributed by atoms with Gasteiger partial charge in [-0.2, -0.15) is 0 Å². The summed E-state index contributed by atoms with van der Waals surface area (Å²) < 4.78 is 0. The molecule has 0 fully saturated rings. The van der Waals surface area contributed by atoms with Crippen molar-refractivity contribution >= 4 is 12.6 Å². The molecule has 0 saturated carbocycles. The van der Waals surface area contributed by atoms with Gasteiger partial charge in [-0.25, -0.2) is 0 Å². The summed E-state index contributed by atoms with van der Waals surface area (Å²) >= 11 is 4.32. The minimum Gasteiger partial charge on any atom is -0.143 e. The van der Waals surface area contributed by atoms with E-state index in [0.717, 1.165) is 11.3 Å². The number of thiol groups is 1. The molecule has 1 unspecified atom stereocenters. The molecule has 2 aliphatic carbocycles. The molecule has 12 heavy (non-hydrogen) atoms. The SMILES string of the molecule is CC12C=CC(S)=CC1=CC=CC2. The summed E-state index contributed by atoms with van der Waals surface area (Å²) in [4.78, 5) is 1.05. The average molecular weight is 176 g/mol. The third-order valence-electron chi connectivity index (χ3n) is 2.54. The maximum atomic E-state index is 4.32. The largest absolute Gasteiger partial charge is 0.143 e. The van der Waals surface area contributed by atoms with Gasteiger partial charge < -0.3 is 0 Å². The molecule has 1 heteroatoms. The van der Waals surface area contributed by atoms with Crippen LogP contribution < -0.4 is 0 Å². The Morgan fingerprint density at radius 2 is 2.33 bits per heavy atom. The lowest BCUT2D eigenvalue weighted by molar-refractivity contribution is 0.526. The molecule has 0 aromatic rings. The molecule has 0 aromatic carbocycles. The van der Waals surface area contributed by atoms with Crippen molar-refractivity contribution in [3.63, 3.8) is 0 Å². The Balaban J connectivity index is 2.46. The number of allylic oxidation sites excluding steroid dienone is 7. The molecule has 62 valence electrons. The van der Waals surface area contributed by atoms with Gasteiger partial charge in [0.1, 0.15) is 0 Å². The molecule has 0 aromatic heterocycles. The van der Waals surface area contributed by atoms with Crippen LogP contribution in [-0.2, 0) is 0 Å². The second-order valence-corrected chi connectivity index (χ2v) is 4.09. The van der Waals surface area contributed by atoms with E-state index < -0.39 is 0 Å². The Morgan fingerprint density at radius 1 is 1.50 bits per heavy atom. The van der Waals surface area contributed by atoms with Crippen molar-refractivity contribution in [2.24, 2.45) is 5.41 Å². The summed E-state index contributed by atoms with van der Waals surface area (Å²) in [7, 11) is 0. The predicted molar refractivity (Wildman–Crippen MR) is 56.2 cm³/mol. The summed E-state index contributed by atoms with van der Waals surface area (Å²) in [5.41, 5.74) is 1.60. The van der Waals surface area contributed by atoms with E-state index in [1.807, 2.05) is 0 Å². The monoisotopic (exact) mass is 176 g/mol. The van der Waals surface area contributed by atoms with E-state index in [1.165, 1.54) is 5.57 Å². The van der Waals surface area contributed by atoms with Crippen LogP contribution in [0.2, 0.25) is 0 Å². The highest BCUT2D eigenvalue weighted by Crippen LogP contribution is 2.40. The fraction of sp³-hybridized carbons (Fsp3) is 0.273. The molecule has 0 aliphatic heterocycles. The van der Waals surface area contributed by atoms with E-state index in [1.54, 1.807) is 0 Å². The molecular weight excluding hydrogens is 164 g/mol. The number of rotatable bonds is 0. The van der Waals surface area contributed by atoms with E-state index in [2.05, 4.69) is 56.0 Å². The molecule has 0 bridgehead atoms. The van der Waals surface area contributed by atoms with Gasteiger partial charge in [0.2, 0.25) is 0 Å². The fourth-order valence-electron chi connectivity index (χ4n) is 1.65. The Labute approximate surface area is 78.8 Å². The summed E-state index contributed by atoms with van der Waals surface area (Å²) in [5, 5.41) is 0. The summed E-state index contributed by atoms with van der Waals surface area (Å²) in [6.07, 6.45) is 14.1. The van der Waals surface area contributed by atoms with Gasteiger partial charge in [0.15, 0.2) is 0 Å².